The monoisotopic (exact) mass is 402 g/mol. The zero-order valence-electron chi connectivity index (χ0n) is 16.3. The summed E-state index contributed by atoms with van der Waals surface area (Å²) >= 11 is 5.88. The van der Waals surface area contributed by atoms with E-state index in [4.69, 9.17) is 20.9 Å². The van der Waals surface area contributed by atoms with Gasteiger partial charge < -0.3 is 14.6 Å². The van der Waals surface area contributed by atoms with Crippen molar-refractivity contribution in [2.24, 2.45) is 0 Å². The smallest absolute Gasteiger partial charge is 0.274 e. The fourth-order valence-electron chi connectivity index (χ4n) is 2.89. The van der Waals surface area contributed by atoms with Gasteiger partial charge in [-0.2, -0.15) is 5.10 Å². The zero-order chi connectivity index (χ0) is 20.3. The van der Waals surface area contributed by atoms with E-state index in [2.05, 4.69) is 15.6 Å². The molecule has 1 aromatic carbocycles. The van der Waals surface area contributed by atoms with Gasteiger partial charge in [-0.1, -0.05) is 16.8 Å². The molecule has 1 N–H and O–H groups in total. The Morgan fingerprint density at radius 1 is 1.32 bits per heavy atom. The number of carbonyl (C=O) groups excluding carboxylic acids is 1. The highest BCUT2D eigenvalue weighted by Gasteiger charge is 2.23. The summed E-state index contributed by atoms with van der Waals surface area (Å²) in [5.74, 6) is 0.872. The Kier molecular flexibility index (Phi) is 6.04. The van der Waals surface area contributed by atoms with Crippen molar-refractivity contribution in [2.45, 2.75) is 46.9 Å². The summed E-state index contributed by atoms with van der Waals surface area (Å²) in [5, 5.41) is 11.9. The van der Waals surface area contributed by atoms with Gasteiger partial charge in [-0.15, -0.1) is 0 Å². The summed E-state index contributed by atoms with van der Waals surface area (Å²) < 4.78 is 12.8. The molecule has 3 rings (SSSR count). The van der Waals surface area contributed by atoms with Crippen molar-refractivity contribution in [1.82, 2.24) is 20.3 Å². The van der Waals surface area contributed by atoms with Crippen LogP contribution in [0.2, 0.25) is 5.02 Å². The van der Waals surface area contributed by atoms with Crippen molar-refractivity contribution in [3.05, 3.63) is 63.8 Å². The molecule has 2 aromatic heterocycles. The van der Waals surface area contributed by atoms with Crippen molar-refractivity contribution >= 4 is 17.5 Å². The number of ether oxygens (including phenoxy) is 1. The van der Waals surface area contributed by atoms with E-state index in [0.29, 0.717) is 22.1 Å². The number of amides is 1. The molecule has 0 aliphatic carbocycles. The van der Waals surface area contributed by atoms with Gasteiger partial charge in [0.25, 0.3) is 5.91 Å². The Morgan fingerprint density at radius 3 is 2.68 bits per heavy atom. The number of hydrogen-bond donors (Lipinski definition) is 1. The highest BCUT2D eigenvalue weighted by atomic mass is 35.5. The highest BCUT2D eigenvalue weighted by Crippen LogP contribution is 2.21. The zero-order valence-corrected chi connectivity index (χ0v) is 17.1. The highest BCUT2D eigenvalue weighted by molar-refractivity contribution is 6.30. The van der Waals surface area contributed by atoms with Gasteiger partial charge in [-0.05, 0) is 52.0 Å². The maximum absolute atomic E-state index is 12.8. The Bertz CT molecular complexity index is 962. The first-order valence-electron chi connectivity index (χ1n) is 9.07. The number of halogens is 1. The lowest BCUT2D eigenvalue weighted by Gasteiger charge is -2.13. The summed E-state index contributed by atoms with van der Waals surface area (Å²) in [5.41, 5.74) is 2.69. The summed E-state index contributed by atoms with van der Waals surface area (Å²) in [6, 6.07) is 6.80. The van der Waals surface area contributed by atoms with Crippen LogP contribution in [-0.2, 0) is 13.2 Å². The number of benzene rings is 1. The standard InChI is InChI=1S/C20H23ClN4O3/c1-5-25-10-17(13(3)23-25)12(2)22-20(26)19-18(14(4)28-24-19)11-27-16-8-6-15(21)7-9-16/h6-10,12H,5,11H2,1-4H3,(H,22,26). The molecule has 28 heavy (non-hydrogen) atoms. The molecule has 0 radical (unpaired) electrons. The van der Waals surface area contributed by atoms with Crippen LogP contribution in [0.5, 0.6) is 5.75 Å². The van der Waals surface area contributed by atoms with Crippen molar-refractivity contribution in [3.63, 3.8) is 0 Å². The first-order valence-corrected chi connectivity index (χ1v) is 9.45. The molecular formula is C20H23ClN4O3. The fraction of sp³-hybridized carbons (Fsp3) is 0.350. The van der Waals surface area contributed by atoms with E-state index in [1.54, 1.807) is 31.2 Å². The number of carbonyl (C=O) groups is 1. The van der Waals surface area contributed by atoms with Crippen molar-refractivity contribution in [3.8, 4) is 5.75 Å². The van der Waals surface area contributed by atoms with Gasteiger partial charge in [-0.3, -0.25) is 9.48 Å². The molecule has 148 valence electrons. The van der Waals surface area contributed by atoms with Crippen LogP contribution in [0.25, 0.3) is 0 Å². The summed E-state index contributed by atoms with van der Waals surface area (Å²) in [6.45, 7) is 8.55. The average molecular weight is 403 g/mol. The molecule has 0 aliphatic heterocycles. The average Bonchev–Trinajstić information content (AvgIpc) is 3.23. The molecule has 8 heteroatoms. The van der Waals surface area contributed by atoms with Crippen LogP contribution in [-0.4, -0.2) is 20.8 Å². The summed E-state index contributed by atoms with van der Waals surface area (Å²) in [4.78, 5) is 12.8. The lowest BCUT2D eigenvalue weighted by Crippen LogP contribution is -2.28. The third kappa shape index (κ3) is 4.36. The predicted molar refractivity (Wildman–Crippen MR) is 106 cm³/mol. The van der Waals surface area contributed by atoms with Gasteiger partial charge in [0.1, 0.15) is 18.1 Å². The third-order valence-corrected chi connectivity index (χ3v) is 4.77. The quantitative estimate of drug-likeness (QED) is 0.639. The molecular weight excluding hydrogens is 380 g/mol. The van der Waals surface area contributed by atoms with Crippen molar-refractivity contribution in [2.75, 3.05) is 0 Å². The molecule has 0 aliphatic rings. The molecule has 0 fully saturated rings. The summed E-state index contributed by atoms with van der Waals surface area (Å²) in [7, 11) is 0. The Labute approximate surface area is 168 Å². The third-order valence-electron chi connectivity index (χ3n) is 4.52. The predicted octanol–water partition coefficient (Wildman–Crippen LogP) is 4.23. The van der Waals surface area contributed by atoms with Gasteiger partial charge in [-0.25, -0.2) is 0 Å². The van der Waals surface area contributed by atoms with Gasteiger partial charge in [0, 0.05) is 23.3 Å². The van der Waals surface area contributed by atoms with Crippen molar-refractivity contribution in [1.29, 1.82) is 0 Å². The molecule has 7 nitrogen and oxygen atoms in total. The largest absolute Gasteiger partial charge is 0.489 e. The molecule has 0 saturated carbocycles. The first kappa shape index (κ1) is 19.9. The lowest BCUT2D eigenvalue weighted by molar-refractivity contribution is 0.0928. The van der Waals surface area contributed by atoms with E-state index >= 15 is 0 Å². The number of rotatable bonds is 7. The van der Waals surface area contributed by atoms with Crippen LogP contribution in [0.1, 0.15) is 53.0 Å². The van der Waals surface area contributed by atoms with E-state index in [-0.39, 0.29) is 24.2 Å². The lowest BCUT2D eigenvalue weighted by atomic mass is 10.1. The van der Waals surface area contributed by atoms with Crippen molar-refractivity contribution < 1.29 is 14.1 Å². The van der Waals surface area contributed by atoms with Crippen LogP contribution in [0.15, 0.2) is 35.0 Å². The number of aryl methyl sites for hydroxylation is 3. The summed E-state index contributed by atoms with van der Waals surface area (Å²) in [6.07, 6.45) is 1.94. The second kappa shape index (κ2) is 8.48. The maximum Gasteiger partial charge on any atom is 0.274 e. The molecule has 1 amide bonds. The number of aromatic nitrogens is 3. The minimum atomic E-state index is -0.317. The fourth-order valence-corrected chi connectivity index (χ4v) is 3.01. The second-order valence-corrected chi connectivity index (χ2v) is 6.97. The Balaban J connectivity index is 1.71. The van der Waals surface area contributed by atoms with E-state index in [9.17, 15) is 4.79 Å². The second-order valence-electron chi connectivity index (χ2n) is 6.53. The molecule has 0 spiro atoms. The molecule has 1 atom stereocenters. The SMILES string of the molecule is CCn1cc(C(C)NC(=O)c2noc(C)c2COc2ccc(Cl)cc2)c(C)n1. The minimum Gasteiger partial charge on any atom is -0.489 e. The van der Waals surface area contributed by atoms with Gasteiger partial charge in [0.05, 0.1) is 17.3 Å². The van der Waals surface area contributed by atoms with Gasteiger partial charge in [0.2, 0.25) is 0 Å². The topological polar surface area (TPSA) is 82.2 Å². The minimum absolute atomic E-state index is 0.168. The normalized spacial score (nSPS) is 12.0. The van der Waals surface area contributed by atoms with Crippen LogP contribution >= 0.6 is 11.6 Å². The maximum atomic E-state index is 12.8. The van der Waals surface area contributed by atoms with Crippen LogP contribution in [0, 0.1) is 13.8 Å². The molecule has 1 unspecified atom stereocenters. The Hall–Kier alpha value is -2.80. The first-order chi connectivity index (χ1) is 13.4. The molecule has 0 saturated heterocycles. The molecule has 2 heterocycles. The molecule has 0 bridgehead atoms. The number of nitrogens with zero attached hydrogens (tertiary/aromatic N) is 3. The van der Waals surface area contributed by atoms with Crippen LogP contribution in [0.4, 0.5) is 0 Å². The van der Waals surface area contributed by atoms with Gasteiger partial charge in [0.15, 0.2) is 5.69 Å². The van der Waals surface area contributed by atoms with Crippen LogP contribution < -0.4 is 10.1 Å². The van der Waals surface area contributed by atoms with E-state index in [0.717, 1.165) is 17.8 Å². The number of nitrogens with one attached hydrogen (secondary N) is 1. The number of hydrogen-bond acceptors (Lipinski definition) is 5. The van der Waals surface area contributed by atoms with Crippen LogP contribution in [0.3, 0.4) is 0 Å². The molecule has 3 aromatic rings. The van der Waals surface area contributed by atoms with E-state index < -0.39 is 0 Å². The van der Waals surface area contributed by atoms with E-state index in [1.165, 1.54) is 0 Å². The van der Waals surface area contributed by atoms with Gasteiger partial charge >= 0.3 is 0 Å². The van der Waals surface area contributed by atoms with E-state index in [1.807, 2.05) is 31.6 Å². The Morgan fingerprint density at radius 2 is 2.04 bits per heavy atom.